The summed E-state index contributed by atoms with van der Waals surface area (Å²) in [6.45, 7) is 0. The SMILES string of the molecule is C1C2C3C4C5CC6C7C8C9C%10C%11C%12C%13C%14C%15C%16C%17C%18C%19C%20C%21C%22C%23CC%24C%25C%26C%27CC%28C%29C%30C%31C%32C%33C%34C%35C%36C%37C%38C%39C%40C%41C%42C%43C%44C1C21C32C43C56C74C85C96C%107C%118C%129C%13%10C%14%11C%15%12C%16%13C%17%14C%18%15C%19%16C%20%17C%21%18C%22%19C%24%23C%25%20C%26%21C%27%28C%29%22C%30%23C%31%24C%32%25C%33%26C%34%27C%35%28C%36%29C%37%30C%38%31C%39%32C%40%33C%41%34C%42%35C%43%36C%441C21C34C52C%361C%351C62C72C%341C%331C82C92C%321C%311C%102C%112C%301C%291C%283C%274C%265C%256C%247C%238C%21%22C%20%19C%188C%177C%166C%155C%144C%133C%1212. The van der Waals surface area contributed by atoms with E-state index in [0.717, 1.165) is 282 Å². The summed E-state index contributed by atoms with van der Waals surface area (Å²) in [5.74, 6) is 64.2. The van der Waals surface area contributed by atoms with Gasteiger partial charge in [0.25, 0.3) is 0 Å². The molecule has 532 valence electrons. The Labute approximate surface area is 671 Å². The maximum absolute atomic E-state index is 1.92. The van der Waals surface area contributed by atoms with Crippen LogP contribution in [-0.2, 0) is 0 Å². The van der Waals surface area contributed by atoms with Crippen molar-refractivity contribution in [1.82, 2.24) is 0 Å². The molecule has 0 aliphatic heterocycles. The largest absolute Gasteiger partial charge is 0.0458 e. The van der Waals surface area contributed by atoms with Gasteiger partial charge in [0, 0.05) is 0 Å². The molecule has 95 aliphatic rings. The van der Waals surface area contributed by atoms with Crippen molar-refractivity contribution in [2.24, 2.45) is 488 Å². The highest BCUT2D eigenvalue weighted by atomic mass is 15.9. The summed E-state index contributed by atoms with van der Waals surface area (Å²) in [7, 11) is 0. The lowest BCUT2D eigenvalue weighted by molar-refractivity contribution is -1.07. The summed E-state index contributed by atoms with van der Waals surface area (Å²) in [5.41, 5.74) is 82.7. The molecule has 0 heteroatoms. The molecule has 0 amide bonds. The summed E-state index contributed by atoms with van der Waals surface area (Å²) in [6.07, 6.45) is 7.68. The zero-order chi connectivity index (χ0) is 64.2. The third-order valence-corrected chi connectivity index (χ3v) is 113. The molecule has 120 heavy (non-hydrogen) atoms. The first-order valence-electron chi connectivity index (χ1n) is 59.8. The van der Waals surface area contributed by atoms with Gasteiger partial charge in [-0.25, -0.2) is 0 Å². The van der Waals surface area contributed by atoms with Crippen LogP contribution >= 0.6 is 0 Å². The monoisotopic (exact) mass is 1490 g/mol. The summed E-state index contributed by atoms with van der Waals surface area (Å²) in [5, 5.41) is 0. The molecule has 0 bridgehead atoms. The van der Waals surface area contributed by atoms with Crippen molar-refractivity contribution in [2.45, 2.75) is 25.7 Å². The molecule has 112 atom stereocenters. The quantitative estimate of drug-likeness (QED) is 0.227. The summed E-state index contributed by atoms with van der Waals surface area (Å²) in [6, 6.07) is 0. The van der Waals surface area contributed by atoms with Crippen LogP contribution in [0.25, 0.3) is 0 Å². The Morgan fingerprint density at radius 2 is 0.150 bits per heavy atom. The van der Waals surface area contributed by atoms with Crippen LogP contribution in [0.15, 0.2) is 0 Å². The molecule has 95 aliphatic carbocycles. The van der Waals surface area contributed by atoms with Crippen LogP contribution in [-0.4, -0.2) is 0 Å². The molecule has 95 fully saturated rings. The normalized spacial score (nSPS) is 156. The Morgan fingerprint density at radius 1 is 0.0750 bits per heavy atom. The second kappa shape index (κ2) is 5.14. The van der Waals surface area contributed by atoms with E-state index in [-0.39, 0.29) is 0 Å². The molecule has 0 radical (unpaired) electrons. The van der Waals surface area contributed by atoms with Crippen molar-refractivity contribution in [1.29, 1.82) is 0 Å². The van der Waals surface area contributed by atoms with E-state index >= 15 is 0 Å². The molecule has 112 unspecified atom stereocenters. The first-order chi connectivity index (χ1) is 59.8. The lowest BCUT2D eigenvalue weighted by Crippen LogP contribution is -3.74. The van der Waals surface area contributed by atoms with E-state index in [4.69, 9.17) is 0 Å². The van der Waals surface area contributed by atoms with Gasteiger partial charge in [-0.2, -0.15) is 0 Å². The van der Waals surface area contributed by atoms with Crippen molar-refractivity contribution < 1.29 is 0 Å². The first-order valence-corrected chi connectivity index (χ1v) is 59.8. The average Bonchev–Trinajstić information content (AvgIpc) is 0.406. The number of hydrogen-bond acceptors (Lipinski definition) is 0. The molecule has 0 N–H and O–H groups in total. The van der Waals surface area contributed by atoms with E-state index in [1.165, 1.54) is 369 Å². The fourth-order valence-corrected chi connectivity index (χ4v) is 150. The maximum Gasteiger partial charge on any atom is -0.000370 e. The smallest absolute Gasteiger partial charge is 0.000370 e. The number of fused-ring (bicyclic) bond motifs is 40. The molecule has 0 aromatic rings. The van der Waals surface area contributed by atoms with Gasteiger partial charge in [0.2, 0.25) is 0 Å². The van der Waals surface area contributed by atoms with Gasteiger partial charge in [-0.1, -0.05) is 0 Å². The van der Waals surface area contributed by atoms with E-state index in [9.17, 15) is 0 Å². The molecular weight excluding hydrogens is 1440 g/mol. The van der Waals surface area contributed by atoms with Crippen LogP contribution in [0.5, 0.6) is 0 Å². The Bertz CT molecular complexity index is 9240. The van der Waals surface area contributed by atoms with Crippen molar-refractivity contribution in [3.8, 4) is 0 Å². The minimum Gasteiger partial charge on any atom is -0.0458 e. The van der Waals surface area contributed by atoms with Crippen LogP contribution in [0.4, 0.5) is 0 Å². The minimum absolute atomic E-state index is 1.11. The third-order valence-electron chi connectivity index (χ3n) is 113. The molecule has 0 aromatic heterocycles. The Morgan fingerprint density at radius 3 is 0.267 bits per heavy atom. The molecular formula is C120H52. The number of hydrogen-bond donors (Lipinski definition) is 0. The summed E-state index contributed by atoms with van der Waals surface area (Å²) >= 11 is 0. The topological polar surface area (TPSA) is 0 Å². The van der Waals surface area contributed by atoms with Gasteiger partial charge >= 0.3 is 0 Å². The summed E-state index contributed by atoms with van der Waals surface area (Å²) in [4.78, 5) is 0. The maximum atomic E-state index is 1.92. The molecule has 0 nitrogen and oxygen atoms in total. The predicted octanol–water partition coefficient (Wildman–Crippen LogP) is 9.41. The summed E-state index contributed by atoms with van der Waals surface area (Å²) < 4.78 is 0. The zero-order valence-electron chi connectivity index (χ0n) is 64.2. The van der Waals surface area contributed by atoms with Crippen molar-refractivity contribution in [3.05, 3.63) is 162 Å². The van der Waals surface area contributed by atoms with E-state index in [1.807, 2.05) is 25.7 Å². The Balaban J connectivity index is 0.483. The van der Waals surface area contributed by atoms with Crippen molar-refractivity contribution >= 4 is 0 Å². The van der Waals surface area contributed by atoms with Crippen LogP contribution in [0.2, 0.25) is 0 Å². The fourth-order valence-electron chi connectivity index (χ4n) is 150. The van der Waals surface area contributed by atoms with Crippen LogP contribution < -0.4 is 0 Å². The van der Waals surface area contributed by atoms with Gasteiger partial charge in [0.15, 0.2) is 0 Å². The molecule has 72 spiro atoms. The van der Waals surface area contributed by atoms with Gasteiger partial charge in [-0.3, -0.25) is 0 Å². The number of rotatable bonds is 0. The standard InChI is InChI=1S/C120H52/c1-5-13-14-6-2-10-18-22-26-30-34-38-43-47-48-44-40-36-32-28-24-20-12-4-8-16-15-7-3-11-19-23-27-31-35-39-42-46-45-41-37-33-29-25-21-17-9(1)49(5)53(13)54(14)50(6,10)58(18)62(22)66(26)70(30)74(34)78(38)83(43)87(47)88(48)84(44)80(40)76(36)72(32)68(28)64(24)60(20)52(8,12)56(16)55(15)51(7,11)59(19)63(23)67(27)71(31)75(35)79(39)82(42)86(46)85(45)81(41)77(37)73(33)69(29)65(25)61(21)57(17,49)89(53)90(54,58)94(62)93(61,89)97(65)98(66,94)102(70)101(69,97)105(73)106(74,102)110(78)109(77,105)113(81)114(83,110)119(87)117(85,113)118(86)115(82)111(79)107(75)103(71)99(67)95(63)91(55,59)92(56,60)96(64,95)100(68,99)104(72,103)108(76,107)112(80,111)116(84,115)120(88,118)119/h5-48H,1-4H2. The molecule has 95 saturated carbocycles. The van der Waals surface area contributed by atoms with Crippen molar-refractivity contribution in [2.75, 3.05) is 0 Å². The van der Waals surface area contributed by atoms with Gasteiger partial charge < -0.3 is 0 Å². The van der Waals surface area contributed by atoms with Gasteiger partial charge in [0.05, 0.1) is 0 Å². The van der Waals surface area contributed by atoms with Crippen LogP contribution in [0, 0.1) is 650 Å². The Kier molecular flexibility index (Phi) is 1.59. The lowest BCUT2D eigenvalue weighted by atomic mass is 8.23. The highest BCUT2D eigenvalue weighted by Gasteiger charge is 3.87. The van der Waals surface area contributed by atoms with Gasteiger partial charge in [-0.15, -0.1) is 0 Å². The molecule has 0 saturated heterocycles. The van der Waals surface area contributed by atoms with E-state index < -0.39 is 0 Å². The third kappa shape index (κ3) is 0.683. The van der Waals surface area contributed by atoms with E-state index in [2.05, 4.69) is 0 Å². The van der Waals surface area contributed by atoms with Crippen LogP contribution in [0.3, 0.4) is 0 Å². The first kappa shape index (κ1) is 37.1. The van der Waals surface area contributed by atoms with Gasteiger partial charge in [-0.05, 0) is 676 Å². The van der Waals surface area contributed by atoms with E-state index in [1.54, 1.807) is 0 Å². The zero-order valence-corrected chi connectivity index (χ0v) is 64.2. The van der Waals surface area contributed by atoms with Crippen LogP contribution in [0.1, 0.15) is 25.7 Å². The highest BCUT2D eigenvalue weighted by molar-refractivity contribution is 6.80. The lowest BCUT2D eigenvalue weighted by Gasteiger charge is -3.78. The van der Waals surface area contributed by atoms with Gasteiger partial charge in [0.1, 0.15) is 0 Å². The fraction of sp³-hybridized carbons (Fsp3) is 1.00. The second-order valence-electron chi connectivity index (χ2n) is 81.3. The van der Waals surface area contributed by atoms with E-state index in [0.29, 0.717) is 0 Å². The molecule has 0 aromatic carbocycles. The average molecular weight is 1490 g/mol. The molecule has 95 rings (SSSR count). The minimum atomic E-state index is 1.11. The second-order valence-corrected chi connectivity index (χ2v) is 81.3. The Hall–Kier alpha value is 0. The highest BCUT2D eigenvalue weighted by Crippen LogP contribution is 3.91. The molecule has 0 heterocycles. The predicted molar refractivity (Wildman–Crippen MR) is 372 cm³/mol. The van der Waals surface area contributed by atoms with Crippen molar-refractivity contribution in [3.63, 3.8) is 0 Å².